The van der Waals surface area contributed by atoms with Crippen molar-refractivity contribution in [2.24, 2.45) is 0 Å². The summed E-state index contributed by atoms with van der Waals surface area (Å²) in [5.74, 6) is -0.826. The average molecular weight is 394 g/mol. The zero-order valence-electron chi connectivity index (χ0n) is 15.1. The van der Waals surface area contributed by atoms with Crippen molar-refractivity contribution in [2.45, 2.75) is 6.42 Å². The number of hydrogen-bond acceptors (Lipinski definition) is 4. The quantitative estimate of drug-likeness (QED) is 0.573. The number of methoxy groups -OCH3 is 1. The predicted molar refractivity (Wildman–Crippen MR) is 112 cm³/mol. The zero-order chi connectivity index (χ0) is 20.1. The van der Waals surface area contributed by atoms with Crippen molar-refractivity contribution in [1.82, 2.24) is 5.32 Å². The van der Waals surface area contributed by atoms with Crippen LogP contribution in [0, 0.1) is 0 Å². The second kappa shape index (κ2) is 8.49. The molecule has 1 amide bonds. The molecule has 0 atom stereocenters. The Bertz CT molecular complexity index is 1050. The third kappa shape index (κ3) is 4.63. The second-order valence-corrected chi connectivity index (χ2v) is 6.48. The molecular formula is C21H18N2O4S. The smallest absolute Gasteiger partial charge is 0.307 e. The van der Waals surface area contributed by atoms with Gasteiger partial charge in [0.1, 0.15) is 5.75 Å². The topological polar surface area (TPSA) is 87.7 Å². The van der Waals surface area contributed by atoms with Crippen LogP contribution in [0.4, 0.5) is 5.69 Å². The van der Waals surface area contributed by atoms with Crippen molar-refractivity contribution >= 4 is 45.7 Å². The van der Waals surface area contributed by atoms with Gasteiger partial charge in [0.2, 0.25) is 0 Å². The normalized spacial score (nSPS) is 10.3. The third-order valence-electron chi connectivity index (χ3n) is 4.11. The maximum atomic E-state index is 12.7. The predicted octanol–water partition coefficient (Wildman–Crippen LogP) is 3.60. The molecule has 0 aromatic heterocycles. The van der Waals surface area contributed by atoms with Gasteiger partial charge in [-0.25, -0.2) is 0 Å². The molecule has 0 saturated heterocycles. The molecule has 3 aromatic rings. The van der Waals surface area contributed by atoms with Crippen LogP contribution >= 0.6 is 12.2 Å². The van der Waals surface area contributed by atoms with Gasteiger partial charge in [-0.05, 0) is 52.8 Å². The number of hydrogen-bond donors (Lipinski definition) is 3. The Hall–Kier alpha value is -3.45. The van der Waals surface area contributed by atoms with E-state index in [9.17, 15) is 9.59 Å². The minimum Gasteiger partial charge on any atom is -0.496 e. The van der Waals surface area contributed by atoms with Gasteiger partial charge in [0.15, 0.2) is 5.11 Å². The van der Waals surface area contributed by atoms with Crippen molar-refractivity contribution in [1.29, 1.82) is 0 Å². The first-order valence-corrected chi connectivity index (χ1v) is 8.87. The molecule has 7 heteroatoms. The molecule has 0 aliphatic carbocycles. The molecule has 0 aliphatic heterocycles. The van der Waals surface area contributed by atoms with Crippen LogP contribution in [0.5, 0.6) is 5.75 Å². The van der Waals surface area contributed by atoms with Gasteiger partial charge in [0.25, 0.3) is 5.91 Å². The summed E-state index contributed by atoms with van der Waals surface area (Å²) in [5.41, 5.74) is 1.70. The largest absolute Gasteiger partial charge is 0.496 e. The van der Waals surface area contributed by atoms with E-state index in [0.717, 1.165) is 10.8 Å². The highest BCUT2D eigenvalue weighted by atomic mass is 32.1. The van der Waals surface area contributed by atoms with Crippen LogP contribution in [0.3, 0.4) is 0 Å². The number of carbonyl (C=O) groups is 2. The lowest BCUT2D eigenvalue weighted by Gasteiger charge is -2.13. The van der Waals surface area contributed by atoms with E-state index in [1.165, 1.54) is 7.11 Å². The average Bonchev–Trinajstić information content (AvgIpc) is 2.68. The van der Waals surface area contributed by atoms with Gasteiger partial charge >= 0.3 is 5.97 Å². The van der Waals surface area contributed by atoms with Crippen LogP contribution in [0.2, 0.25) is 0 Å². The number of carboxylic acid groups (broad SMARTS) is 1. The molecule has 0 saturated carbocycles. The lowest BCUT2D eigenvalue weighted by atomic mass is 10.1. The Morgan fingerprint density at radius 2 is 1.68 bits per heavy atom. The Kier molecular flexibility index (Phi) is 5.86. The Balaban J connectivity index is 1.71. The lowest BCUT2D eigenvalue weighted by Crippen LogP contribution is -2.34. The van der Waals surface area contributed by atoms with Crippen molar-refractivity contribution in [2.75, 3.05) is 12.4 Å². The molecule has 0 bridgehead atoms. The molecule has 3 N–H and O–H groups in total. The van der Waals surface area contributed by atoms with Gasteiger partial charge < -0.3 is 15.2 Å². The fourth-order valence-electron chi connectivity index (χ4n) is 2.78. The molecule has 142 valence electrons. The molecule has 6 nitrogen and oxygen atoms in total. The van der Waals surface area contributed by atoms with Gasteiger partial charge in [-0.3, -0.25) is 14.9 Å². The molecule has 0 spiro atoms. The summed E-state index contributed by atoms with van der Waals surface area (Å²) in [6, 6.07) is 18.0. The standard InChI is InChI=1S/C21H18N2O4S/c1-27-18-12-15-5-3-2-4-14(15)11-17(18)20(26)23-21(28)22-16-8-6-13(7-9-16)10-19(24)25/h2-9,11-12H,10H2,1H3,(H,24,25)(H2,22,23,26,28). The number of thiocarbonyl (C=S) groups is 1. The third-order valence-corrected chi connectivity index (χ3v) is 4.31. The van der Waals surface area contributed by atoms with Crippen LogP contribution in [0.15, 0.2) is 60.7 Å². The number of anilines is 1. The van der Waals surface area contributed by atoms with E-state index >= 15 is 0 Å². The van der Waals surface area contributed by atoms with Gasteiger partial charge in [-0.1, -0.05) is 36.4 Å². The highest BCUT2D eigenvalue weighted by Gasteiger charge is 2.15. The number of fused-ring (bicyclic) bond motifs is 1. The van der Waals surface area contributed by atoms with Gasteiger partial charge in [0, 0.05) is 5.69 Å². The van der Waals surface area contributed by atoms with Crippen LogP contribution < -0.4 is 15.4 Å². The van der Waals surface area contributed by atoms with E-state index < -0.39 is 5.97 Å². The molecule has 0 aliphatic rings. The SMILES string of the molecule is COc1cc2ccccc2cc1C(=O)NC(=S)Nc1ccc(CC(=O)O)cc1. The Morgan fingerprint density at radius 3 is 2.29 bits per heavy atom. The number of carbonyl (C=O) groups excluding carboxylic acids is 1. The Labute approximate surface area is 167 Å². The number of ether oxygens (including phenoxy) is 1. The maximum Gasteiger partial charge on any atom is 0.307 e. The fourth-order valence-corrected chi connectivity index (χ4v) is 2.99. The number of benzene rings is 3. The summed E-state index contributed by atoms with van der Waals surface area (Å²) in [7, 11) is 1.51. The maximum absolute atomic E-state index is 12.7. The summed E-state index contributed by atoms with van der Waals surface area (Å²) in [6.45, 7) is 0. The van der Waals surface area contributed by atoms with Crippen LogP contribution in [-0.2, 0) is 11.2 Å². The van der Waals surface area contributed by atoms with Crippen LogP contribution in [-0.4, -0.2) is 29.2 Å². The highest BCUT2D eigenvalue weighted by molar-refractivity contribution is 7.80. The number of nitrogens with one attached hydrogen (secondary N) is 2. The van der Waals surface area contributed by atoms with E-state index in [1.54, 1.807) is 30.3 Å². The molecular weight excluding hydrogens is 376 g/mol. The summed E-state index contributed by atoms with van der Waals surface area (Å²) in [6.07, 6.45) is -0.0524. The summed E-state index contributed by atoms with van der Waals surface area (Å²) in [4.78, 5) is 23.4. The molecule has 0 fully saturated rings. The summed E-state index contributed by atoms with van der Waals surface area (Å²) < 4.78 is 5.35. The van der Waals surface area contributed by atoms with Gasteiger partial charge in [-0.15, -0.1) is 0 Å². The molecule has 28 heavy (non-hydrogen) atoms. The van der Waals surface area contributed by atoms with Gasteiger partial charge in [0.05, 0.1) is 19.1 Å². The number of rotatable bonds is 5. The summed E-state index contributed by atoms with van der Waals surface area (Å²) in [5, 5.41) is 16.4. The first kappa shape index (κ1) is 19.3. The van der Waals surface area contributed by atoms with Crippen LogP contribution in [0.1, 0.15) is 15.9 Å². The second-order valence-electron chi connectivity index (χ2n) is 6.08. The number of amides is 1. The monoisotopic (exact) mass is 394 g/mol. The number of carboxylic acids is 1. The minimum absolute atomic E-state index is 0.0524. The Morgan fingerprint density at radius 1 is 1.04 bits per heavy atom. The lowest BCUT2D eigenvalue weighted by molar-refractivity contribution is -0.136. The fraction of sp³-hybridized carbons (Fsp3) is 0.0952. The molecule has 3 aromatic carbocycles. The van der Waals surface area contributed by atoms with Crippen molar-refractivity contribution in [3.05, 3.63) is 71.8 Å². The van der Waals surface area contributed by atoms with E-state index in [2.05, 4.69) is 10.6 Å². The van der Waals surface area contributed by atoms with Crippen LogP contribution in [0.25, 0.3) is 10.8 Å². The van der Waals surface area contributed by atoms with E-state index in [0.29, 0.717) is 22.6 Å². The van der Waals surface area contributed by atoms with E-state index in [-0.39, 0.29) is 17.4 Å². The molecule has 0 heterocycles. The van der Waals surface area contributed by atoms with E-state index in [1.807, 2.05) is 30.3 Å². The highest BCUT2D eigenvalue weighted by Crippen LogP contribution is 2.26. The zero-order valence-corrected chi connectivity index (χ0v) is 15.9. The van der Waals surface area contributed by atoms with Crippen molar-refractivity contribution in [3.8, 4) is 5.75 Å². The molecule has 0 unspecified atom stereocenters. The summed E-state index contributed by atoms with van der Waals surface area (Å²) >= 11 is 5.21. The first-order valence-electron chi connectivity index (χ1n) is 8.46. The minimum atomic E-state index is -0.896. The van der Waals surface area contributed by atoms with Gasteiger partial charge in [-0.2, -0.15) is 0 Å². The van der Waals surface area contributed by atoms with Crippen molar-refractivity contribution < 1.29 is 19.4 Å². The molecule has 0 radical (unpaired) electrons. The first-order chi connectivity index (χ1) is 13.5. The molecule has 3 rings (SSSR count). The number of aliphatic carboxylic acids is 1. The van der Waals surface area contributed by atoms with E-state index in [4.69, 9.17) is 22.1 Å². The van der Waals surface area contributed by atoms with Crippen molar-refractivity contribution in [3.63, 3.8) is 0 Å².